The summed E-state index contributed by atoms with van der Waals surface area (Å²) in [6, 6.07) is 0. The highest BCUT2D eigenvalue weighted by Gasteiger charge is 1.83. The lowest BCUT2D eigenvalue weighted by atomic mass is 11.1. The first-order chi connectivity index (χ1) is 3.81. The highest BCUT2D eigenvalue weighted by atomic mass is 32.2. The predicted molar refractivity (Wildman–Crippen MR) is 41.4 cm³/mol. The minimum absolute atomic E-state index is 0.597. The summed E-state index contributed by atoms with van der Waals surface area (Å²) < 4.78 is 0. The molecule has 0 amide bonds. The van der Waals surface area contributed by atoms with Crippen molar-refractivity contribution in [1.82, 2.24) is 15.6 Å². The summed E-state index contributed by atoms with van der Waals surface area (Å²) in [5.74, 6) is 0. The molecule has 0 heterocycles. The van der Waals surface area contributed by atoms with Gasteiger partial charge in [0.05, 0.1) is 0 Å². The van der Waals surface area contributed by atoms with E-state index in [1.807, 2.05) is 6.26 Å². The molecular weight excluding hydrogens is 142 g/mol. The van der Waals surface area contributed by atoms with Crippen molar-refractivity contribution < 1.29 is 0 Å². The Bertz CT molecular complexity index is 74.9. The van der Waals surface area contributed by atoms with Crippen LogP contribution in [0.15, 0.2) is 0 Å². The summed E-state index contributed by atoms with van der Waals surface area (Å²) in [5.41, 5.74) is 2.72. The third-order valence-corrected chi connectivity index (χ3v) is 1.11. The molecule has 0 aliphatic carbocycles. The molecule has 0 unspecified atom stereocenters. The highest BCUT2D eigenvalue weighted by molar-refractivity contribution is 7.96. The lowest BCUT2D eigenvalue weighted by Gasteiger charge is -2.03. The summed E-state index contributed by atoms with van der Waals surface area (Å²) in [7, 11) is 1.76. The lowest BCUT2D eigenvalue weighted by molar-refractivity contribution is 0.900. The van der Waals surface area contributed by atoms with Crippen molar-refractivity contribution in [2.45, 2.75) is 0 Å². The summed E-state index contributed by atoms with van der Waals surface area (Å²) >= 11 is 6.18. The zero-order valence-corrected chi connectivity index (χ0v) is 6.45. The van der Waals surface area contributed by atoms with Crippen molar-refractivity contribution >= 4 is 29.3 Å². The van der Waals surface area contributed by atoms with Gasteiger partial charge in [0, 0.05) is 7.05 Å². The molecule has 0 aliphatic heterocycles. The molecule has 0 aromatic rings. The van der Waals surface area contributed by atoms with E-state index < -0.39 is 0 Å². The van der Waals surface area contributed by atoms with Crippen LogP contribution in [0.4, 0.5) is 0 Å². The normalized spacial score (nSPS) is 8.25. The quantitative estimate of drug-likeness (QED) is 0.291. The van der Waals surface area contributed by atoms with Crippen LogP contribution in [-0.2, 0) is 0 Å². The number of hydrogen-bond donors (Lipinski definition) is 3. The van der Waals surface area contributed by atoms with E-state index in [2.05, 4.69) is 15.6 Å². The van der Waals surface area contributed by atoms with Crippen molar-refractivity contribution in [3.63, 3.8) is 0 Å². The highest BCUT2D eigenvalue weighted by Crippen LogP contribution is 1.74. The number of thiocarbonyl (C=S) groups is 1. The van der Waals surface area contributed by atoms with Gasteiger partial charge < -0.3 is 5.32 Å². The van der Waals surface area contributed by atoms with E-state index in [1.165, 1.54) is 11.9 Å². The second kappa shape index (κ2) is 5.14. The zero-order chi connectivity index (χ0) is 6.41. The monoisotopic (exact) mass is 151 g/mol. The minimum atomic E-state index is 0.597. The second-order valence-electron chi connectivity index (χ2n) is 1.01. The Morgan fingerprint density at radius 2 is 2.25 bits per heavy atom. The molecule has 0 aromatic carbocycles. The molecule has 3 nitrogen and oxygen atoms in total. The molecule has 0 fully saturated rings. The maximum Gasteiger partial charge on any atom is 0.181 e. The Morgan fingerprint density at radius 1 is 1.62 bits per heavy atom. The van der Waals surface area contributed by atoms with Crippen molar-refractivity contribution in [2.75, 3.05) is 13.3 Å². The third kappa shape index (κ3) is 4.17. The molecule has 0 aliphatic rings. The first kappa shape index (κ1) is 8.00. The van der Waals surface area contributed by atoms with Crippen molar-refractivity contribution in [2.24, 2.45) is 0 Å². The average molecular weight is 151 g/mol. The first-order valence-electron chi connectivity index (χ1n) is 2.07. The fraction of sp³-hybridized carbons (Fsp3) is 0.667. The van der Waals surface area contributed by atoms with Crippen molar-refractivity contribution in [3.8, 4) is 0 Å². The van der Waals surface area contributed by atoms with Crippen LogP contribution in [-0.4, -0.2) is 18.4 Å². The Balaban J connectivity index is 2.99. The van der Waals surface area contributed by atoms with Gasteiger partial charge in [-0.15, -0.1) is 0 Å². The van der Waals surface area contributed by atoms with Crippen molar-refractivity contribution in [1.29, 1.82) is 0 Å². The van der Waals surface area contributed by atoms with Crippen molar-refractivity contribution in [3.05, 3.63) is 0 Å². The first-order valence-corrected chi connectivity index (χ1v) is 3.70. The molecule has 0 aromatic heterocycles. The molecule has 3 N–H and O–H groups in total. The summed E-state index contributed by atoms with van der Waals surface area (Å²) in [5, 5.41) is 3.34. The number of hydrazine groups is 1. The molecule has 0 bridgehead atoms. The second-order valence-corrected chi connectivity index (χ2v) is 2.03. The van der Waals surface area contributed by atoms with E-state index in [-0.39, 0.29) is 0 Å². The Kier molecular flexibility index (Phi) is 5.14. The van der Waals surface area contributed by atoms with E-state index in [4.69, 9.17) is 12.2 Å². The van der Waals surface area contributed by atoms with Gasteiger partial charge in [-0.05, 0) is 18.5 Å². The van der Waals surface area contributed by atoms with E-state index in [0.717, 1.165) is 0 Å². The number of hydrogen-bond acceptors (Lipinski definition) is 3. The molecule has 0 atom stereocenters. The van der Waals surface area contributed by atoms with Crippen LogP contribution in [0, 0.1) is 0 Å². The van der Waals surface area contributed by atoms with E-state index >= 15 is 0 Å². The number of nitrogens with one attached hydrogen (secondary N) is 3. The number of rotatable bonds is 2. The van der Waals surface area contributed by atoms with Gasteiger partial charge in [0.1, 0.15) is 0 Å². The van der Waals surface area contributed by atoms with E-state index in [9.17, 15) is 0 Å². The molecular formula is C3H9N3S2. The standard InChI is InChI=1S/C3H9N3S2/c1-4-3(7)5-6-8-2/h6H,1-2H3,(H2,4,5,7). The van der Waals surface area contributed by atoms with E-state index in [1.54, 1.807) is 7.05 Å². The maximum atomic E-state index is 4.72. The van der Waals surface area contributed by atoms with Gasteiger partial charge in [0.25, 0.3) is 0 Å². The minimum Gasteiger partial charge on any atom is -0.365 e. The van der Waals surface area contributed by atoms with Gasteiger partial charge in [-0.3, -0.25) is 5.43 Å². The van der Waals surface area contributed by atoms with Crippen LogP contribution in [0.25, 0.3) is 0 Å². The molecule has 5 heteroatoms. The molecule has 0 saturated carbocycles. The summed E-state index contributed by atoms with van der Waals surface area (Å²) in [6.07, 6.45) is 1.91. The molecule has 0 spiro atoms. The van der Waals surface area contributed by atoms with Crippen LogP contribution in [0.3, 0.4) is 0 Å². The lowest BCUT2D eigenvalue weighted by Crippen LogP contribution is -2.38. The van der Waals surface area contributed by atoms with Gasteiger partial charge in [0.2, 0.25) is 0 Å². The van der Waals surface area contributed by atoms with Crippen LogP contribution < -0.4 is 15.6 Å². The molecule has 0 saturated heterocycles. The molecule has 0 radical (unpaired) electrons. The maximum absolute atomic E-state index is 4.72. The Morgan fingerprint density at radius 3 is 2.62 bits per heavy atom. The fourth-order valence-electron chi connectivity index (χ4n) is 0.160. The van der Waals surface area contributed by atoms with Gasteiger partial charge in [-0.25, -0.2) is 0 Å². The summed E-state index contributed by atoms with van der Waals surface area (Å²) in [6.45, 7) is 0. The average Bonchev–Trinajstić information content (AvgIpc) is 1.83. The molecule has 48 valence electrons. The topological polar surface area (TPSA) is 36.1 Å². The van der Waals surface area contributed by atoms with Crippen LogP contribution in [0.1, 0.15) is 0 Å². The smallest absolute Gasteiger partial charge is 0.181 e. The Hall–Kier alpha value is -0.0000000000000000555. The zero-order valence-electron chi connectivity index (χ0n) is 4.82. The summed E-state index contributed by atoms with van der Waals surface area (Å²) in [4.78, 5) is 2.76. The largest absolute Gasteiger partial charge is 0.365 e. The van der Waals surface area contributed by atoms with Gasteiger partial charge in [0.15, 0.2) is 5.11 Å². The van der Waals surface area contributed by atoms with Crippen LogP contribution >= 0.6 is 24.2 Å². The SMILES string of the molecule is CNC(=S)NNSC. The predicted octanol–water partition coefficient (Wildman–Crippen LogP) is -0.137. The van der Waals surface area contributed by atoms with Crippen LogP contribution in [0.5, 0.6) is 0 Å². The van der Waals surface area contributed by atoms with Gasteiger partial charge >= 0.3 is 0 Å². The van der Waals surface area contributed by atoms with Crippen LogP contribution in [0.2, 0.25) is 0 Å². The van der Waals surface area contributed by atoms with E-state index in [0.29, 0.717) is 5.11 Å². The molecule has 8 heavy (non-hydrogen) atoms. The Labute approximate surface area is 58.7 Å². The fourth-order valence-corrected chi connectivity index (χ4v) is 0.480. The van der Waals surface area contributed by atoms with Gasteiger partial charge in [-0.2, -0.15) is 4.83 Å². The van der Waals surface area contributed by atoms with Gasteiger partial charge in [-0.1, -0.05) is 11.9 Å². The molecule has 0 rings (SSSR count). The third-order valence-electron chi connectivity index (χ3n) is 0.494.